The average molecular weight is 374 g/mol. The first-order valence-corrected chi connectivity index (χ1v) is 9.04. The van der Waals surface area contributed by atoms with Crippen molar-refractivity contribution in [1.82, 2.24) is 9.97 Å². The molecule has 0 atom stereocenters. The van der Waals surface area contributed by atoms with Crippen molar-refractivity contribution in [3.8, 4) is 5.75 Å². The van der Waals surface area contributed by atoms with E-state index in [9.17, 15) is 8.78 Å². The molecule has 0 unspecified atom stereocenters. The first kappa shape index (κ1) is 16.8. The first-order chi connectivity index (χ1) is 12.6. The highest BCUT2D eigenvalue weighted by Gasteiger charge is 2.21. The van der Waals surface area contributed by atoms with Gasteiger partial charge in [-0.3, -0.25) is 5.43 Å². The highest BCUT2D eigenvalue weighted by Crippen LogP contribution is 2.39. The van der Waals surface area contributed by atoms with Crippen molar-refractivity contribution in [2.45, 2.75) is 32.8 Å². The molecule has 0 aliphatic heterocycles. The molecule has 0 amide bonds. The van der Waals surface area contributed by atoms with Crippen LogP contribution in [0.15, 0.2) is 29.4 Å². The fourth-order valence-electron chi connectivity index (χ4n) is 3.09. The molecule has 0 bridgehead atoms. The summed E-state index contributed by atoms with van der Waals surface area (Å²) in [6.45, 7) is -0.965. The molecule has 0 saturated carbocycles. The van der Waals surface area contributed by atoms with Crippen LogP contribution in [0.25, 0.3) is 10.2 Å². The van der Waals surface area contributed by atoms with Gasteiger partial charge in [0, 0.05) is 4.88 Å². The number of alkyl halides is 2. The SMILES string of the molecule is Cc1nc(N/N=C/c2ccc(OC(F)F)cc2)c2c3c(sc2n1)CCC3. The molecule has 3 aromatic rings. The Balaban J connectivity index is 1.55. The van der Waals surface area contributed by atoms with Crippen molar-refractivity contribution in [3.05, 3.63) is 46.1 Å². The van der Waals surface area contributed by atoms with Gasteiger partial charge < -0.3 is 4.74 Å². The highest BCUT2D eigenvalue weighted by molar-refractivity contribution is 7.19. The summed E-state index contributed by atoms with van der Waals surface area (Å²) in [6.07, 6.45) is 4.93. The van der Waals surface area contributed by atoms with Crippen LogP contribution in [0.4, 0.5) is 14.6 Å². The van der Waals surface area contributed by atoms with Crippen molar-refractivity contribution >= 4 is 33.6 Å². The lowest BCUT2D eigenvalue weighted by Gasteiger charge is -2.05. The summed E-state index contributed by atoms with van der Waals surface area (Å²) in [4.78, 5) is 11.4. The Kier molecular flexibility index (Phi) is 4.50. The maximum atomic E-state index is 12.2. The molecule has 4 rings (SSSR count). The zero-order valence-electron chi connectivity index (χ0n) is 14.0. The predicted octanol–water partition coefficient (Wildman–Crippen LogP) is 4.54. The van der Waals surface area contributed by atoms with Crippen LogP contribution in [0.3, 0.4) is 0 Å². The fourth-order valence-corrected chi connectivity index (χ4v) is 4.39. The number of nitrogens with zero attached hydrogens (tertiary/aromatic N) is 3. The predicted molar refractivity (Wildman–Crippen MR) is 98.5 cm³/mol. The second-order valence-corrected chi connectivity index (χ2v) is 7.06. The molecular weight excluding hydrogens is 358 g/mol. The van der Waals surface area contributed by atoms with Crippen LogP contribution in [-0.4, -0.2) is 22.8 Å². The standard InChI is InChI=1S/C18H16F2N4OS/c1-10-22-16(15-13-3-2-4-14(13)26-17(15)23-10)24-21-9-11-5-7-12(8-6-11)25-18(19)20/h5-9,18H,2-4H2,1H3,(H,22,23,24)/b21-9+. The monoisotopic (exact) mass is 374 g/mol. The lowest BCUT2D eigenvalue weighted by atomic mass is 10.2. The van der Waals surface area contributed by atoms with E-state index in [-0.39, 0.29) is 5.75 Å². The number of aryl methyl sites for hydroxylation is 3. The molecule has 134 valence electrons. The summed E-state index contributed by atoms with van der Waals surface area (Å²) in [5, 5.41) is 5.31. The third-order valence-electron chi connectivity index (χ3n) is 4.17. The lowest BCUT2D eigenvalue weighted by Crippen LogP contribution is -2.01. The fraction of sp³-hybridized carbons (Fsp3) is 0.278. The van der Waals surface area contributed by atoms with Crippen molar-refractivity contribution in [2.24, 2.45) is 5.10 Å². The van der Waals surface area contributed by atoms with Crippen LogP contribution in [0.5, 0.6) is 5.75 Å². The number of ether oxygens (including phenoxy) is 1. The first-order valence-electron chi connectivity index (χ1n) is 8.23. The Morgan fingerprint density at radius 3 is 2.81 bits per heavy atom. The molecule has 0 radical (unpaired) electrons. The Bertz CT molecular complexity index is 969. The number of rotatable bonds is 5. The van der Waals surface area contributed by atoms with E-state index in [1.165, 1.54) is 29.0 Å². The molecule has 1 N–H and O–H groups in total. The van der Waals surface area contributed by atoms with Crippen LogP contribution < -0.4 is 10.2 Å². The summed E-state index contributed by atoms with van der Waals surface area (Å²) in [5.74, 6) is 1.52. The molecule has 2 heterocycles. The van der Waals surface area contributed by atoms with E-state index in [1.807, 2.05) is 6.92 Å². The van der Waals surface area contributed by atoms with Crippen LogP contribution in [-0.2, 0) is 12.8 Å². The Morgan fingerprint density at radius 2 is 2.04 bits per heavy atom. The van der Waals surface area contributed by atoms with Crippen molar-refractivity contribution in [2.75, 3.05) is 5.43 Å². The smallest absolute Gasteiger partial charge is 0.387 e. The number of halogens is 2. The van der Waals surface area contributed by atoms with Gasteiger partial charge in [0.2, 0.25) is 0 Å². The number of hydrogen-bond donors (Lipinski definition) is 1. The largest absolute Gasteiger partial charge is 0.435 e. The summed E-state index contributed by atoms with van der Waals surface area (Å²) in [7, 11) is 0. The molecule has 0 saturated heterocycles. The number of nitrogens with one attached hydrogen (secondary N) is 1. The third kappa shape index (κ3) is 3.37. The van der Waals surface area contributed by atoms with Gasteiger partial charge in [0.1, 0.15) is 16.4 Å². The molecule has 8 heteroatoms. The van der Waals surface area contributed by atoms with Crippen molar-refractivity contribution in [3.63, 3.8) is 0 Å². The van der Waals surface area contributed by atoms with Gasteiger partial charge in [0.15, 0.2) is 5.82 Å². The number of fused-ring (bicyclic) bond motifs is 3. The van der Waals surface area contributed by atoms with Crippen LogP contribution in [0.2, 0.25) is 0 Å². The number of benzene rings is 1. The lowest BCUT2D eigenvalue weighted by molar-refractivity contribution is -0.0498. The number of aromatic nitrogens is 2. The number of anilines is 1. The third-order valence-corrected chi connectivity index (χ3v) is 5.35. The van der Waals surface area contributed by atoms with Gasteiger partial charge in [-0.05, 0) is 61.6 Å². The maximum absolute atomic E-state index is 12.2. The van der Waals surface area contributed by atoms with Crippen LogP contribution in [0.1, 0.15) is 28.2 Å². The molecule has 26 heavy (non-hydrogen) atoms. The zero-order valence-corrected chi connectivity index (χ0v) is 14.8. The number of hydrazone groups is 1. The van der Waals surface area contributed by atoms with Crippen LogP contribution in [0, 0.1) is 6.92 Å². The summed E-state index contributed by atoms with van der Waals surface area (Å²) in [5.41, 5.74) is 5.10. The molecule has 0 spiro atoms. The minimum absolute atomic E-state index is 0.118. The maximum Gasteiger partial charge on any atom is 0.387 e. The second kappa shape index (κ2) is 6.95. The molecule has 5 nitrogen and oxygen atoms in total. The van der Waals surface area contributed by atoms with Crippen LogP contribution >= 0.6 is 11.3 Å². The molecule has 1 aliphatic carbocycles. The van der Waals surface area contributed by atoms with E-state index >= 15 is 0 Å². The van der Waals surface area contributed by atoms with Gasteiger partial charge in [-0.1, -0.05) is 0 Å². The highest BCUT2D eigenvalue weighted by atomic mass is 32.1. The van der Waals surface area contributed by atoms with Crippen molar-refractivity contribution in [1.29, 1.82) is 0 Å². The van der Waals surface area contributed by atoms with E-state index in [0.29, 0.717) is 11.6 Å². The molecule has 1 aliphatic rings. The Hall–Kier alpha value is -2.61. The van der Waals surface area contributed by atoms with Gasteiger partial charge in [-0.25, -0.2) is 9.97 Å². The van der Waals surface area contributed by atoms with E-state index < -0.39 is 6.61 Å². The molecule has 0 fully saturated rings. The molecule has 2 aromatic heterocycles. The summed E-state index contributed by atoms with van der Waals surface area (Å²) >= 11 is 1.73. The van der Waals surface area contributed by atoms with Gasteiger partial charge in [0.05, 0.1) is 11.6 Å². The van der Waals surface area contributed by atoms with E-state index in [0.717, 1.165) is 28.6 Å². The van der Waals surface area contributed by atoms with E-state index in [4.69, 9.17) is 0 Å². The average Bonchev–Trinajstić information content (AvgIpc) is 3.16. The van der Waals surface area contributed by atoms with Gasteiger partial charge in [0.25, 0.3) is 0 Å². The van der Waals surface area contributed by atoms with Gasteiger partial charge in [-0.2, -0.15) is 13.9 Å². The Morgan fingerprint density at radius 1 is 1.23 bits per heavy atom. The zero-order chi connectivity index (χ0) is 18.1. The number of hydrogen-bond acceptors (Lipinski definition) is 6. The minimum Gasteiger partial charge on any atom is -0.435 e. The van der Waals surface area contributed by atoms with E-state index in [1.54, 1.807) is 29.7 Å². The summed E-state index contributed by atoms with van der Waals surface area (Å²) < 4.78 is 28.7. The topological polar surface area (TPSA) is 59.4 Å². The number of thiophene rings is 1. The normalized spacial score (nSPS) is 13.7. The molecular formula is C18H16F2N4OS. The van der Waals surface area contributed by atoms with Gasteiger partial charge >= 0.3 is 6.61 Å². The molecule has 1 aromatic carbocycles. The summed E-state index contributed by atoms with van der Waals surface area (Å²) in [6, 6.07) is 6.27. The second-order valence-electron chi connectivity index (χ2n) is 5.97. The van der Waals surface area contributed by atoms with Gasteiger partial charge in [-0.15, -0.1) is 11.3 Å². The quantitative estimate of drug-likeness (QED) is 0.526. The van der Waals surface area contributed by atoms with Crippen molar-refractivity contribution < 1.29 is 13.5 Å². The minimum atomic E-state index is -2.83. The Labute approximate surface area is 152 Å². The van der Waals surface area contributed by atoms with E-state index in [2.05, 4.69) is 25.2 Å².